The standard InChI is InChI=1S/C37H40O6/c1-4-37(2,3)26-19-20-33-34(21-26)36(43-25-28(39)23-41-30-15-9-6-10-16-30)32-18-12-11-17-31(32)35(33)42-24-27(38)22-40-29-13-7-5-8-14-29/h5-21,27-28,38-39H,4,22-25H2,1-3H3. The molecule has 5 aromatic rings. The van der Waals surface area contributed by atoms with Gasteiger partial charge in [-0.1, -0.05) is 93.6 Å². The van der Waals surface area contributed by atoms with Gasteiger partial charge in [0.25, 0.3) is 0 Å². The minimum absolute atomic E-state index is 0.0495. The molecule has 0 aliphatic heterocycles. The van der Waals surface area contributed by atoms with E-state index in [2.05, 4.69) is 39.0 Å². The zero-order valence-electron chi connectivity index (χ0n) is 25.0. The predicted octanol–water partition coefficient (Wildman–Crippen LogP) is 7.32. The van der Waals surface area contributed by atoms with Crippen molar-refractivity contribution in [2.45, 2.75) is 44.8 Å². The molecule has 0 fully saturated rings. The summed E-state index contributed by atoms with van der Waals surface area (Å²) in [7, 11) is 0. The number of hydrogen-bond acceptors (Lipinski definition) is 6. The summed E-state index contributed by atoms with van der Waals surface area (Å²) in [4.78, 5) is 0. The van der Waals surface area contributed by atoms with Gasteiger partial charge in [0.2, 0.25) is 0 Å². The van der Waals surface area contributed by atoms with Crippen LogP contribution in [0.2, 0.25) is 0 Å². The van der Waals surface area contributed by atoms with Gasteiger partial charge in [-0.2, -0.15) is 0 Å². The van der Waals surface area contributed by atoms with E-state index in [1.807, 2.05) is 84.9 Å². The van der Waals surface area contributed by atoms with Gasteiger partial charge in [-0.3, -0.25) is 0 Å². The summed E-state index contributed by atoms with van der Waals surface area (Å²) in [6.45, 7) is 6.96. The van der Waals surface area contributed by atoms with E-state index in [9.17, 15) is 10.2 Å². The molecule has 224 valence electrons. The second-order valence-corrected chi connectivity index (χ2v) is 11.4. The Hall–Kier alpha value is -4.26. The lowest BCUT2D eigenvalue weighted by atomic mass is 9.81. The van der Waals surface area contributed by atoms with Crippen LogP contribution in [0.25, 0.3) is 21.5 Å². The average molecular weight is 581 g/mol. The molecule has 0 aromatic heterocycles. The summed E-state index contributed by atoms with van der Waals surface area (Å²) in [6.07, 6.45) is -0.697. The van der Waals surface area contributed by atoms with Crippen molar-refractivity contribution in [3.8, 4) is 23.0 Å². The third-order valence-electron chi connectivity index (χ3n) is 7.80. The van der Waals surface area contributed by atoms with Gasteiger partial charge in [0, 0.05) is 21.5 Å². The highest BCUT2D eigenvalue weighted by Gasteiger charge is 2.23. The lowest BCUT2D eigenvalue weighted by Crippen LogP contribution is -2.25. The van der Waals surface area contributed by atoms with E-state index >= 15 is 0 Å². The molecule has 2 unspecified atom stereocenters. The first kappa shape index (κ1) is 30.2. The topological polar surface area (TPSA) is 77.4 Å². The molecule has 5 rings (SSSR count). The fourth-order valence-electron chi connectivity index (χ4n) is 4.91. The van der Waals surface area contributed by atoms with E-state index in [1.165, 1.54) is 5.56 Å². The van der Waals surface area contributed by atoms with Crippen LogP contribution in [-0.4, -0.2) is 48.8 Å². The molecule has 43 heavy (non-hydrogen) atoms. The van der Waals surface area contributed by atoms with Gasteiger partial charge in [-0.15, -0.1) is 0 Å². The number of para-hydroxylation sites is 2. The number of aliphatic hydroxyl groups excluding tert-OH is 2. The first-order valence-electron chi connectivity index (χ1n) is 14.8. The molecule has 6 heteroatoms. The quantitative estimate of drug-likeness (QED) is 0.134. The monoisotopic (exact) mass is 580 g/mol. The molecule has 0 amide bonds. The van der Waals surface area contributed by atoms with E-state index in [0.717, 1.165) is 28.0 Å². The maximum Gasteiger partial charge on any atom is 0.135 e. The zero-order chi connectivity index (χ0) is 30.2. The Bertz CT molecular complexity index is 1620. The average Bonchev–Trinajstić information content (AvgIpc) is 3.05. The molecule has 0 aliphatic carbocycles. The Morgan fingerprint density at radius 2 is 0.953 bits per heavy atom. The summed E-state index contributed by atoms with van der Waals surface area (Å²) in [5, 5.41) is 25.0. The van der Waals surface area contributed by atoms with Crippen molar-refractivity contribution < 1.29 is 29.2 Å². The fourth-order valence-corrected chi connectivity index (χ4v) is 4.91. The van der Waals surface area contributed by atoms with Crippen molar-refractivity contribution in [3.63, 3.8) is 0 Å². The van der Waals surface area contributed by atoms with Gasteiger partial charge in [0.15, 0.2) is 0 Å². The van der Waals surface area contributed by atoms with E-state index in [4.69, 9.17) is 18.9 Å². The highest BCUT2D eigenvalue weighted by Crippen LogP contribution is 2.44. The highest BCUT2D eigenvalue weighted by atomic mass is 16.5. The van der Waals surface area contributed by atoms with Crippen molar-refractivity contribution in [2.24, 2.45) is 0 Å². The third-order valence-corrected chi connectivity index (χ3v) is 7.80. The SMILES string of the molecule is CCC(C)(C)c1ccc2c(OCC(O)COc3ccccc3)c3ccccc3c(OCC(O)COc3ccccc3)c2c1. The lowest BCUT2D eigenvalue weighted by Gasteiger charge is -2.25. The maximum atomic E-state index is 10.8. The van der Waals surface area contributed by atoms with Crippen LogP contribution < -0.4 is 18.9 Å². The molecule has 0 saturated heterocycles. The summed E-state index contributed by atoms with van der Waals surface area (Å²) >= 11 is 0. The molecule has 0 aliphatic rings. The summed E-state index contributed by atoms with van der Waals surface area (Å²) < 4.78 is 24.2. The third kappa shape index (κ3) is 7.39. The van der Waals surface area contributed by atoms with E-state index < -0.39 is 12.2 Å². The molecule has 0 radical (unpaired) electrons. The molecule has 2 N–H and O–H groups in total. The van der Waals surface area contributed by atoms with Crippen molar-refractivity contribution >= 4 is 21.5 Å². The Balaban J connectivity index is 1.44. The van der Waals surface area contributed by atoms with Gasteiger partial charge >= 0.3 is 0 Å². The van der Waals surface area contributed by atoms with Crippen LogP contribution in [0.1, 0.15) is 32.8 Å². The molecule has 0 saturated carbocycles. The smallest absolute Gasteiger partial charge is 0.135 e. The summed E-state index contributed by atoms with van der Waals surface area (Å²) in [6, 6.07) is 33.1. The van der Waals surface area contributed by atoms with Crippen molar-refractivity contribution in [1.82, 2.24) is 0 Å². The van der Waals surface area contributed by atoms with E-state index in [0.29, 0.717) is 23.0 Å². The van der Waals surface area contributed by atoms with Gasteiger partial charge in [0.05, 0.1) is 0 Å². The fraction of sp³-hybridized carbons (Fsp3) is 0.297. The number of benzene rings is 5. The van der Waals surface area contributed by atoms with Gasteiger partial charge in [0.1, 0.15) is 61.6 Å². The van der Waals surface area contributed by atoms with Crippen LogP contribution in [0, 0.1) is 0 Å². The predicted molar refractivity (Wildman–Crippen MR) is 172 cm³/mol. The minimum Gasteiger partial charge on any atom is -0.491 e. The molecule has 5 aromatic carbocycles. The highest BCUT2D eigenvalue weighted by molar-refractivity contribution is 6.11. The van der Waals surface area contributed by atoms with Crippen molar-refractivity contribution in [3.05, 3.63) is 109 Å². The Morgan fingerprint density at radius 1 is 0.535 bits per heavy atom. The first-order chi connectivity index (χ1) is 20.9. The number of rotatable bonds is 14. The second-order valence-electron chi connectivity index (χ2n) is 11.4. The second kappa shape index (κ2) is 13.8. The molecule has 0 bridgehead atoms. The molecular weight excluding hydrogens is 540 g/mol. The van der Waals surface area contributed by atoms with Gasteiger partial charge < -0.3 is 29.2 Å². The molecule has 0 spiro atoms. The number of ether oxygens (including phenoxy) is 4. The van der Waals surface area contributed by atoms with Crippen LogP contribution in [0.5, 0.6) is 23.0 Å². The van der Waals surface area contributed by atoms with Crippen molar-refractivity contribution in [1.29, 1.82) is 0 Å². The Morgan fingerprint density at radius 3 is 1.44 bits per heavy atom. The summed E-state index contributed by atoms with van der Waals surface area (Å²) in [5.74, 6) is 2.74. The van der Waals surface area contributed by atoms with E-state index in [1.54, 1.807) is 0 Å². The van der Waals surface area contributed by atoms with Gasteiger partial charge in [-0.25, -0.2) is 0 Å². The largest absolute Gasteiger partial charge is 0.491 e. The Kier molecular flexibility index (Phi) is 9.70. The maximum absolute atomic E-state index is 10.8. The molecule has 0 heterocycles. The molecule has 6 nitrogen and oxygen atoms in total. The van der Waals surface area contributed by atoms with Crippen LogP contribution in [0.15, 0.2) is 103 Å². The van der Waals surface area contributed by atoms with Crippen LogP contribution >= 0.6 is 0 Å². The van der Waals surface area contributed by atoms with Crippen LogP contribution in [0.4, 0.5) is 0 Å². The minimum atomic E-state index is -0.833. The summed E-state index contributed by atoms with van der Waals surface area (Å²) in [5.41, 5.74) is 1.13. The number of fused-ring (bicyclic) bond motifs is 2. The van der Waals surface area contributed by atoms with Crippen molar-refractivity contribution in [2.75, 3.05) is 26.4 Å². The first-order valence-corrected chi connectivity index (χ1v) is 14.8. The van der Waals surface area contributed by atoms with Crippen LogP contribution in [-0.2, 0) is 5.41 Å². The van der Waals surface area contributed by atoms with Crippen LogP contribution in [0.3, 0.4) is 0 Å². The number of aliphatic hydroxyl groups is 2. The number of hydrogen-bond donors (Lipinski definition) is 2. The zero-order valence-corrected chi connectivity index (χ0v) is 25.0. The van der Waals surface area contributed by atoms with E-state index in [-0.39, 0.29) is 31.8 Å². The normalized spacial score (nSPS) is 13.0. The lowest BCUT2D eigenvalue weighted by molar-refractivity contribution is 0.0629. The van der Waals surface area contributed by atoms with Gasteiger partial charge in [-0.05, 0) is 47.7 Å². The molecule has 2 atom stereocenters. The molecular formula is C37H40O6. The Labute approximate surface area is 253 Å².